The molecule has 0 bridgehead atoms. The molecule has 0 heterocycles. The molecule has 0 saturated heterocycles. The van der Waals surface area contributed by atoms with Gasteiger partial charge in [-0.3, -0.25) is 4.79 Å². The summed E-state index contributed by atoms with van der Waals surface area (Å²) in [6.07, 6.45) is 3.83. The lowest BCUT2D eigenvalue weighted by atomic mass is 9.73. The molecule has 2 rings (SSSR count). The Bertz CT molecular complexity index is 491. The van der Waals surface area contributed by atoms with Gasteiger partial charge in [0.05, 0.1) is 10.6 Å². The standard InChI is InChI=1S/C15H19ClFNO/c1-10-3-2-6-15(18,9-10)14(19)8-11-4-5-13(17)12(16)7-11/h4-5,7,10H,2-3,6,8-9,18H2,1H3. The average molecular weight is 284 g/mol. The molecule has 0 aromatic heterocycles. The predicted octanol–water partition coefficient (Wildman–Crippen LogP) is 3.50. The van der Waals surface area contributed by atoms with Crippen molar-refractivity contribution in [1.82, 2.24) is 0 Å². The number of nitrogens with two attached hydrogens (primary N) is 1. The van der Waals surface area contributed by atoms with E-state index in [2.05, 4.69) is 6.92 Å². The lowest BCUT2D eigenvalue weighted by Crippen LogP contribution is -2.51. The third kappa shape index (κ3) is 3.34. The smallest absolute Gasteiger partial charge is 0.157 e. The van der Waals surface area contributed by atoms with E-state index in [0.29, 0.717) is 5.92 Å². The molecule has 2 atom stereocenters. The number of benzene rings is 1. The van der Waals surface area contributed by atoms with Crippen molar-refractivity contribution in [2.24, 2.45) is 11.7 Å². The molecular weight excluding hydrogens is 265 g/mol. The lowest BCUT2D eigenvalue weighted by Gasteiger charge is -2.35. The van der Waals surface area contributed by atoms with Crippen molar-refractivity contribution in [3.63, 3.8) is 0 Å². The van der Waals surface area contributed by atoms with Gasteiger partial charge in [-0.2, -0.15) is 0 Å². The summed E-state index contributed by atoms with van der Waals surface area (Å²) < 4.78 is 13.1. The second kappa shape index (κ2) is 5.59. The van der Waals surface area contributed by atoms with Crippen LogP contribution in [0.1, 0.15) is 38.2 Å². The van der Waals surface area contributed by atoms with Gasteiger partial charge < -0.3 is 5.73 Å². The SMILES string of the molecule is CC1CCCC(N)(C(=O)Cc2ccc(F)c(Cl)c2)C1. The first-order valence-electron chi connectivity index (χ1n) is 6.67. The summed E-state index contributed by atoms with van der Waals surface area (Å²) in [6.45, 7) is 2.13. The van der Waals surface area contributed by atoms with Crippen LogP contribution in [0.25, 0.3) is 0 Å². The van der Waals surface area contributed by atoms with Crippen molar-refractivity contribution in [1.29, 1.82) is 0 Å². The van der Waals surface area contributed by atoms with Gasteiger partial charge in [-0.1, -0.05) is 37.4 Å². The van der Waals surface area contributed by atoms with E-state index in [1.54, 1.807) is 6.07 Å². The third-order valence-corrected chi connectivity index (χ3v) is 4.23. The van der Waals surface area contributed by atoms with E-state index in [1.165, 1.54) is 12.1 Å². The Morgan fingerprint density at radius 2 is 2.32 bits per heavy atom. The number of ketones is 1. The van der Waals surface area contributed by atoms with Gasteiger partial charge in [0.15, 0.2) is 5.78 Å². The van der Waals surface area contributed by atoms with Crippen molar-refractivity contribution < 1.29 is 9.18 Å². The van der Waals surface area contributed by atoms with Gasteiger partial charge in [-0.05, 0) is 36.5 Å². The first-order valence-corrected chi connectivity index (χ1v) is 7.04. The highest BCUT2D eigenvalue weighted by Gasteiger charge is 2.37. The molecule has 1 aliphatic carbocycles. The molecule has 1 aliphatic rings. The second-order valence-corrected chi connectivity index (χ2v) is 6.11. The van der Waals surface area contributed by atoms with Crippen LogP contribution in [0.2, 0.25) is 5.02 Å². The fraction of sp³-hybridized carbons (Fsp3) is 0.533. The molecule has 104 valence electrons. The zero-order valence-electron chi connectivity index (χ0n) is 11.1. The monoisotopic (exact) mass is 283 g/mol. The molecule has 0 radical (unpaired) electrons. The van der Waals surface area contributed by atoms with Crippen LogP contribution >= 0.6 is 11.6 Å². The molecule has 0 amide bonds. The molecule has 0 spiro atoms. The maximum absolute atomic E-state index is 13.1. The Kier molecular flexibility index (Phi) is 4.26. The fourth-order valence-electron chi connectivity index (χ4n) is 2.86. The summed E-state index contributed by atoms with van der Waals surface area (Å²) in [5.41, 5.74) is 6.25. The van der Waals surface area contributed by atoms with Gasteiger partial charge >= 0.3 is 0 Å². The minimum Gasteiger partial charge on any atom is -0.319 e. The third-order valence-electron chi connectivity index (χ3n) is 3.94. The Labute approximate surface area is 118 Å². The first-order chi connectivity index (χ1) is 8.90. The van der Waals surface area contributed by atoms with E-state index >= 15 is 0 Å². The zero-order valence-corrected chi connectivity index (χ0v) is 11.8. The number of hydrogen-bond donors (Lipinski definition) is 1. The second-order valence-electron chi connectivity index (χ2n) is 5.71. The highest BCUT2D eigenvalue weighted by atomic mass is 35.5. The predicted molar refractivity (Wildman–Crippen MR) is 74.7 cm³/mol. The zero-order chi connectivity index (χ0) is 14.0. The summed E-state index contributed by atoms with van der Waals surface area (Å²) in [7, 11) is 0. The van der Waals surface area contributed by atoms with Crippen LogP contribution < -0.4 is 5.73 Å². The van der Waals surface area contributed by atoms with Crippen LogP contribution in [0.5, 0.6) is 0 Å². The van der Waals surface area contributed by atoms with Crippen molar-refractivity contribution in [3.8, 4) is 0 Å². The Balaban J connectivity index is 2.09. The minimum atomic E-state index is -0.724. The van der Waals surface area contributed by atoms with Gasteiger partial charge in [-0.15, -0.1) is 0 Å². The van der Waals surface area contributed by atoms with Crippen LogP contribution in [-0.2, 0) is 11.2 Å². The molecule has 0 aliphatic heterocycles. The van der Waals surface area contributed by atoms with Gasteiger partial charge in [-0.25, -0.2) is 4.39 Å². The normalized spacial score (nSPS) is 27.3. The van der Waals surface area contributed by atoms with Crippen LogP contribution in [0.4, 0.5) is 4.39 Å². The van der Waals surface area contributed by atoms with Crippen LogP contribution in [-0.4, -0.2) is 11.3 Å². The molecular formula is C15H19ClFNO. The number of carbonyl (C=O) groups excluding carboxylic acids is 1. The Hall–Kier alpha value is -0.930. The Morgan fingerprint density at radius 3 is 2.95 bits per heavy atom. The minimum absolute atomic E-state index is 0.0294. The van der Waals surface area contributed by atoms with E-state index in [0.717, 1.165) is 31.2 Å². The van der Waals surface area contributed by atoms with Crippen molar-refractivity contribution in [2.75, 3.05) is 0 Å². The number of rotatable bonds is 3. The van der Waals surface area contributed by atoms with Gasteiger partial charge in [0.25, 0.3) is 0 Å². The molecule has 2 N–H and O–H groups in total. The molecule has 2 unspecified atom stereocenters. The van der Waals surface area contributed by atoms with E-state index < -0.39 is 11.4 Å². The summed E-state index contributed by atoms with van der Waals surface area (Å²) in [4.78, 5) is 12.4. The van der Waals surface area contributed by atoms with Crippen LogP contribution in [0.15, 0.2) is 18.2 Å². The summed E-state index contributed by atoms with van der Waals surface area (Å²) in [5.74, 6) is 0.0489. The summed E-state index contributed by atoms with van der Waals surface area (Å²) in [6, 6.07) is 4.39. The first kappa shape index (κ1) is 14.5. The van der Waals surface area contributed by atoms with Crippen LogP contribution in [0, 0.1) is 11.7 Å². The van der Waals surface area contributed by atoms with Gasteiger partial charge in [0, 0.05) is 6.42 Å². The Morgan fingerprint density at radius 1 is 1.58 bits per heavy atom. The van der Waals surface area contributed by atoms with E-state index in [9.17, 15) is 9.18 Å². The van der Waals surface area contributed by atoms with Gasteiger partial charge in [0.2, 0.25) is 0 Å². The van der Waals surface area contributed by atoms with E-state index in [-0.39, 0.29) is 17.2 Å². The number of halogens is 2. The summed E-state index contributed by atoms with van der Waals surface area (Å²) in [5, 5.41) is 0.0494. The van der Waals surface area contributed by atoms with Gasteiger partial charge in [0.1, 0.15) is 5.82 Å². The molecule has 19 heavy (non-hydrogen) atoms. The molecule has 4 heteroatoms. The van der Waals surface area contributed by atoms with Crippen molar-refractivity contribution in [3.05, 3.63) is 34.6 Å². The fourth-order valence-corrected chi connectivity index (χ4v) is 3.06. The van der Waals surface area contributed by atoms with E-state index in [4.69, 9.17) is 17.3 Å². The molecule has 1 fully saturated rings. The number of Topliss-reactive ketones (excluding diaryl/α,β-unsaturated/α-hetero) is 1. The topological polar surface area (TPSA) is 43.1 Å². The molecule has 2 nitrogen and oxygen atoms in total. The highest BCUT2D eigenvalue weighted by Crippen LogP contribution is 2.32. The number of carbonyl (C=O) groups is 1. The molecule has 1 aromatic carbocycles. The van der Waals surface area contributed by atoms with Crippen LogP contribution in [0.3, 0.4) is 0 Å². The quantitative estimate of drug-likeness (QED) is 0.923. The largest absolute Gasteiger partial charge is 0.319 e. The maximum Gasteiger partial charge on any atom is 0.157 e. The molecule has 1 aromatic rings. The number of hydrogen-bond acceptors (Lipinski definition) is 2. The highest BCUT2D eigenvalue weighted by molar-refractivity contribution is 6.30. The summed E-state index contributed by atoms with van der Waals surface area (Å²) >= 11 is 5.72. The lowest BCUT2D eigenvalue weighted by molar-refractivity contribution is -0.125. The van der Waals surface area contributed by atoms with E-state index in [1.807, 2.05) is 0 Å². The van der Waals surface area contributed by atoms with Crippen molar-refractivity contribution in [2.45, 2.75) is 44.6 Å². The maximum atomic E-state index is 13.1. The van der Waals surface area contributed by atoms with Crippen molar-refractivity contribution >= 4 is 17.4 Å². The average Bonchev–Trinajstić information content (AvgIpc) is 2.33. The molecule has 1 saturated carbocycles.